The number of sulfone groups is 1. The lowest BCUT2D eigenvalue weighted by molar-refractivity contribution is 0.102. The van der Waals surface area contributed by atoms with Crippen LogP contribution in [0.2, 0.25) is 0 Å². The third-order valence-corrected chi connectivity index (χ3v) is 3.26. The number of hydrogen-bond acceptors (Lipinski definition) is 7. The van der Waals surface area contributed by atoms with Gasteiger partial charge in [-0.2, -0.15) is 0 Å². The zero-order valence-corrected chi connectivity index (χ0v) is 10.5. The number of nitrogens with one attached hydrogen (secondary N) is 1. The molecule has 100 valence electrons. The fourth-order valence-corrected chi connectivity index (χ4v) is 1.97. The van der Waals surface area contributed by atoms with Gasteiger partial charge in [-0.15, -0.1) is 0 Å². The molecular formula is C9H9N5O4S. The number of carbonyl (C=O) groups excluding carboxylic acids is 1. The van der Waals surface area contributed by atoms with Gasteiger partial charge < -0.3 is 5.21 Å². The number of tetrazole rings is 1. The van der Waals surface area contributed by atoms with Crippen LogP contribution in [0.15, 0.2) is 29.2 Å². The largest absolute Gasteiger partial charge is 0.395 e. The molecular weight excluding hydrogens is 274 g/mol. The van der Waals surface area contributed by atoms with Crippen LogP contribution in [-0.2, 0) is 9.84 Å². The fraction of sp³-hybridized carbons (Fsp3) is 0.111. The maximum Gasteiger partial charge on any atom is 0.274 e. The molecule has 9 nitrogen and oxygen atoms in total. The Morgan fingerprint density at radius 1 is 1.42 bits per heavy atom. The van der Waals surface area contributed by atoms with Gasteiger partial charge in [-0.05, 0) is 23.4 Å². The van der Waals surface area contributed by atoms with Crippen molar-refractivity contribution in [3.63, 3.8) is 0 Å². The molecule has 0 saturated carbocycles. The number of benzene rings is 1. The summed E-state index contributed by atoms with van der Waals surface area (Å²) in [6, 6.07) is 5.50. The molecule has 2 aromatic rings. The number of amides is 1. The Bertz CT molecular complexity index is 724. The van der Waals surface area contributed by atoms with Crippen LogP contribution >= 0.6 is 0 Å². The van der Waals surface area contributed by atoms with Gasteiger partial charge in [-0.1, -0.05) is 16.3 Å². The Kier molecular flexibility index (Phi) is 3.17. The van der Waals surface area contributed by atoms with Crippen molar-refractivity contribution in [1.82, 2.24) is 20.4 Å². The summed E-state index contributed by atoms with van der Waals surface area (Å²) in [6.45, 7) is 0. The molecule has 0 aliphatic heterocycles. The lowest BCUT2D eigenvalue weighted by Gasteiger charge is -2.03. The van der Waals surface area contributed by atoms with Gasteiger partial charge in [0.1, 0.15) is 0 Å². The number of rotatable bonds is 3. The maximum atomic E-state index is 11.8. The minimum absolute atomic E-state index is 0.0268. The van der Waals surface area contributed by atoms with Crippen molar-refractivity contribution in [1.29, 1.82) is 0 Å². The molecule has 1 amide bonds. The number of nitrogens with zero attached hydrogens (tertiary/aromatic N) is 4. The molecule has 1 aromatic carbocycles. The molecule has 0 atom stereocenters. The highest BCUT2D eigenvalue weighted by Gasteiger charge is 2.13. The van der Waals surface area contributed by atoms with Crippen LogP contribution < -0.4 is 5.32 Å². The quantitative estimate of drug-likeness (QED) is 0.731. The molecule has 0 aliphatic rings. The van der Waals surface area contributed by atoms with Gasteiger partial charge in [-0.3, -0.25) is 10.1 Å². The number of carbonyl (C=O) groups is 1. The molecule has 19 heavy (non-hydrogen) atoms. The van der Waals surface area contributed by atoms with E-state index in [0.29, 0.717) is 0 Å². The first-order valence-corrected chi connectivity index (χ1v) is 6.86. The molecule has 0 aliphatic carbocycles. The molecule has 1 heterocycles. The Hall–Kier alpha value is -2.49. The zero-order chi connectivity index (χ0) is 14.0. The zero-order valence-electron chi connectivity index (χ0n) is 9.68. The minimum atomic E-state index is -3.40. The van der Waals surface area contributed by atoms with Crippen LogP contribution in [0.5, 0.6) is 0 Å². The van der Waals surface area contributed by atoms with Crippen molar-refractivity contribution in [3.8, 4) is 0 Å². The molecule has 0 saturated heterocycles. The van der Waals surface area contributed by atoms with Crippen LogP contribution in [0.4, 0.5) is 5.95 Å². The lowest BCUT2D eigenvalue weighted by atomic mass is 10.2. The monoisotopic (exact) mass is 283 g/mol. The van der Waals surface area contributed by atoms with E-state index in [1.165, 1.54) is 24.3 Å². The van der Waals surface area contributed by atoms with E-state index in [-0.39, 0.29) is 21.4 Å². The van der Waals surface area contributed by atoms with Gasteiger partial charge in [0.25, 0.3) is 11.9 Å². The van der Waals surface area contributed by atoms with Crippen LogP contribution in [0.1, 0.15) is 10.4 Å². The standard InChI is InChI=1S/C9H9N5O4S/c1-19(17,18)7-4-2-3-6(5-7)8(15)10-9-11-13-14(16)12-9/h2-5,16H,1H3,(H,10,12,15). The van der Waals surface area contributed by atoms with Crippen LogP contribution in [0.25, 0.3) is 0 Å². The topological polar surface area (TPSA) is 127 Å². The van der Waals surface area contributed by atoms with Crippen LogP contribution in [-0.4, -0.2) is 46.2 Å². The first kappa shape index (κ1) is 13.0. The van der Waals surface area contributed by atoms with Crippen molar-refractivity contribution >= 4 is 21.7 Å². The molecule has 10 heteroatoms. The molecule has 2 N–H and O–H groups in total. The van der Waals surface area contributed by atoms with Gasteiger partial charge in [0.05, 0.1) is 4.90 Å². The second kappa shape index (κ2) is 4.65. The van der Waals surface area contributed by atoms with Gasteiger partial charge in [0.2, 0.25) is 0 Å². The Morgan fingerprint density at radius 2 is 2.16 bits per heavy atom. The Labute approximate surface area is 107 Å². The van der Waals surface area contributed by atoms with Crippen molar-refractivity contribution in [2.24, 2.45) is 0 Å². The second-order valence-corrected chi connectivity index (χ2v) is 5.65. The number of aromatic nitrogens is 4. The molecule has 0 fully saturated rings. The first-order chi connectivity index (χ1) is 8.86. The van der Waals surface area contributed by atoms with E-state index >= 15 is 0 Å². The second-order valence-electron chi connectivity index (χ2n) is 3.64. The SMILES string of the molecule is CS(=O)(=O)c1cccc(C(=O)Nc2nnn(O)n2)c1. The number of anilines is 1. The average molecular weight is 283 g/mol. The van der Waals surface area contributed by atoms with Crippen LogP contribution in [0.3, 0.4) is 0 Å². The third kappa shape index (κ3) is 3.04. The molecule has 0 unspecified atom stereocenters. The van der Waals surface area contributed by atoms with Crippen molar-refractivity contribution in [2.75, 3.05) is 11.6 Å². The summed E-state index contributed by atoms with van der Waals surface area (Å²) in [4.78, 5) is 12.0. The normalized spacial score (nSPS) is 11.2. The highest BCUT2D eigenvalue weighted by atomic mass is 32.2. The highest BCUT2D eigenvalue weighted by molar-refractivity contribution is 7.90. The Morgan fingerprint density at radius 3 is 2.74 bits per heavy atom. The van der Waals surface area contributed by atoms with Gasteiger partial charge in [0.15, 0.2) is 9.84 Å². The van der Waals surface area contributed by atoms with Crippen molar-refractivity contribution in [3.05, 3.63) is 29.8 Å². The maximum absolute atomic E-state index is 11.8. The molecule has 0 spiro atoms. The third-order valence-electron chi connectivity index (χ3n) is 2.15. The summed E-state index contributed by atoms with van der Waals surface area (Å²) < 4.78 is 22.7. The summed E-state index contributed by atoms with van der Waals surface area (Å²) in [5, 5.41) is 20.9. The summed E-state index contributed by atoms with van der Waals surface area (Å²) in [6.07, 6.45) is 1.04. The van der Waals surface area contributed by atoms with E-state index in [1.807, 2.05) is 0 Å². The molecule has 2 rings (SSSR count). The summed E-state index contributed by atoms with van der Waals surface area (Å²) in [7, 11) is -3.40. The minimum Gasteiger partial charge on any atom is -0.395 e. The summed E-state index contributed by atoms with van der Waals surface area (Å²) in [5.74, 6) is -0.809. The van der Waals surface area contributed by atoms with Crippen LogP contribution in [0, 0.1) is 0 Å². The van der Waals surface area contributed by atoms with Gasteiger partial charge in [-0.25, -0.2) is 8.42 Å². The van der Waals surface area contributed by atoms with E-state index in [2.05, 4.69) is 20.7 Å². The van der Waals surface area contributed by atoms with Gasteiger partial charge >= 0.3 is 0 Å². The predicted molar refractivity (Wildman–Crippen MR) is 62.5 cm³/mol. The van der Waals surface area contributed by atoms with E-state index in [4.69, 9.17) is 5.21 Å². The first-order valence-electron chi connectivity index (χ1n) is 4.97. The van der Waals surface area contributed by atoms with E-state index < -0.39 is 15.7 Å². The van der Waals surface area contributed by atoms with E-state index in [1.54, 1.807) is 0 Å². The molecule has 0 bridgehead atoms. The molecule has 1 aromatic heterocycles. The average Bonchev–Trinajstić information content (AvgIpc) is 2.74. The highest BCUT2D eigenvalue weighted by Crippen LogP contribution is 2.12. The fourth-order valence-electron chi connectivity index (χ4n) is 1.30. The summed E-state index contributed by atoms with van der Waals surface area (Å²) in [5.41, 5.74) is 0.122. The lowest BCUT2D eigenvalue weighted by Crippen LogP contribution is -2.14. The molecule has 0 radical (unpaired) electrons. The van der Waals surface area contributed by atoms with Gasteiger partial charge in [0, 0.05) is 16.8 Å². The van der Waals surface area contributed by atoms with E-state index in [9.17, 15) is 13.2 Å². The number of hydrogen-bond donors (Lipinski definition) is 2. The smallest absolute Gasteiger partial charge is 0.274 e. The Balaban J connectivity index is 2.25. The van der Waals surface area contributed by atoms with Crippen molar-refractivity contribution < 1.29 is 18.4 Å². The van der Waals surface area contributed by atoms with E-state index in [0.717, 1.165) is 6.26 Å². The predicted octanol–water partition coefficient (Wildman–Crippen LogP) is -0.434. The summed E-state index contributed by atoms with van der Waals surface area (Å²) >= 11 is 0. The van der Waals surface area contributed by atoms with Crippen molar-refractivity contribution in [2.45, 2.75) is 4.90 Å².